The van der Waals surface area contributed by atoms with Gasteiger partial charge in [-0.3, -0.25) is 4.40 Å². The molecule has 0 saturated carbocycles. The second-order valence-corrected chi connectivity index (χ2v) is 4.07. The molecule has 0 radical (unpaired) electrons. The van der Waals surface area contributed by atoms with Gasteiger partial charge in [0.05, 0.1) is 11.4 Å². The average Bonchev–Trinajstić information content (AvgIpc) is 2.84. The average molecular weight is 279 g/mol. The molecule has 102 valence electrons. The van der Waals surface area contributed by atoms with E-state index in [1.165, 1.54) is 6.07 Å². The lowest BCUT2D eigenvalue weighted by Gasteiger charge is -2.09. The van der Waals surface area contributed by atoms with E-state index in [0.29, 0.717) is 11.3 Å². The monoisotopic (exact) mass is 279 g/mol. The predicted octanol–water partition coefficient (Wildman–Crippen LogP) is 2.39. The minimum absolute atomic E-state index is 0.0911. The Bertz CT molecular complexity index is 778. The van der Waals surface area contributed by atoms with E-state index in [2.05, 4.69) is 15.0 Å². The topological polar surface area (TPSA) is 69.1 Å². The van der Waals surface area contributed by atoms with Crippen LogP contribution in [0.25, 0.3) is 17.0 Å². The summed E-state index contributed by atoms with van der Waals surface area (Å²) in [4.78, 5) is 10.8. The maximum Gasteiger partial charge on any atom is 0.451 e. The van der Waals surface area contributed by atoms with E-state index in [0.717, 1.165) is 0 Å². The molecule has 0 bridgehead atoms. The molecule has 0 aliphatic rings. The highest BCUT2D eigenvalue weighted by Crippen LogP contribution is 2.29. The fourth-order valence-corrected chi connectivity index (χ4v) is 1.88. The van der Waals surface area contributed by atoms with Crippen molar-refractivity contribution in [1.82, 2.24) is 19.4 Å². The first-order chi connectivity index (χ1) is 9.45. The van der Waals surface area contributed by atoms with Crippen molar-refractivity contribution in [1.29, 1.82) is 0 Å². The second kappa shape index (κ2) is 4.19. The van der Waals surface area contributed by atoms with Crippen LogP contribution in [0.2, 0.25) is 0 Å². The lowest BCUT2D eigenvalue weighted by Crippen LogP contribution is -2.13. The van der Waals surface area contributed by atoms with Gasteiger partial charge in [-0.05, 0) is 12.1 Å². The van der Waals surface area contributed by atoms with E-state index in [-0.39, 0.29) is 11.5 Å². The number of alkyl halides is 3. The Hall–Kier alpha value is -2.64. The number of anilines is 1. The zero-order valence-electron chi connectivity index (χ0n) is 9.96. The maximum atomic E-state index is 12.7. The minimum atomic E-state index is -4.65. The first kappa shape index (κ1) is 12.4. The van der Waals surface area contributed by atoms with E-state index in [1.807, 2.05) is 0 Å². The smallest absolute Gasteiger partial charge is 0.384 e. The van der Waals surface area contributed by atoms with Gasteiger partial charge in [0.25, 0.3) is 0 Å². The lowest BCUT2D eigenvalue weighted by atomic mass is 10.2. The third-order valence-corrected chi connectivity index (χ3v) is 2.69. The number of hydrogen-bond acceptors (Lipinski definition) is 4. The molecule has 0 atom stereocenters. The van der Waals surface area contributed by atoms with Crippen LogP contribution in [0.3, 0.4) is 0 Å². The van der Waals surface area contributed by atoms with Gasteiger partial charge in [0.1, 0.15) is 11.5 Å². The quantitative estimate of drug-likeness (QED) is 0.742. The Morgan fingerprint density at radius 1 is 1.15 bits per heavy atom. The molecule has 20 heavy (non-hydrogen) atoms. The van der Waals surface area contributed by atoms with Gasteiger partial charge in [-0.15, -0.1) is 0 Å². The van der Waals surface area contributed by atoms with E-state index in [1.54, 1.807) is 35.0 Å². The number of halogens is 3. The molecule has 5 nitrogen and oxygen atoms in total. The predicted molar refractivity (Wildman–Crippen MR) is 65.6 cm³/mol. The van der Waals surface area contributed by atoms with Gasteiger partial charge >= 0.3 is 6.18 Å². The molecule has 0 fully saturated rings. The summed E-state index contributed by atoms with van der Waals surface area (Å²) < 4.78 is 39.8. The van der Waals surface area contributed by atoms with Crippen LogP contribution >= 0.6 is 0 Å². The van der Waals surface area contributed by atoms with Crippen molar-refractivity contribution in [2.45, 2.75) is 6.18 Å². The summed E-state index contributed by atoms with van der Waals surface area (Å²) in [6, 6.07) is 6.35. The molecule has 0 amide bonds. The number of imidazole rings is 1. The summed E-state index contributed by atoms with van der Waals surface area (Å²) in [5.41, 5.74) is 6.59. The lowest BCUT2D eigenvalue weighted by molar-refractivity contribution is -0.144. The summed E-state index contributed by atoms with van der Waals surface area (Å²) in [6.45, 7) is 0. The number of hydrogen-bond donors (Lipinski definition) is 1. The summed E-state index contributed by atoms with van der Waals surface area (Å²) in [6.07, 6.45) is -1.46. The van der Waals surface area contributed by atoms with Crippen molar-refractivity contribution in [2.75, 3.05) is 5.73 Å². The molecule has 3 aromatic heterocycles. The second-order valence-electron chi connectivity index (χ2n) is 4.07. The Morgan fingerprint density at radius 2 is 1.95 bits per heavy atom. The Morgan fingerprint density at radius 3 is 2.70 bits per heavy atom. The number of nitrogens with two attached hydrogens (primary N) is 1. The van der Waals surface area contributed by atoms with Crippen molar-refractivity contribution in [3.63, 3.8) is 0 Å². The highest BCUT2D eigenvalue weighted by atomic mass is 19.4. The van der Waals surface area contributed by atoms with Crippen LogP contribution in [0.1, 0.15) is 5.82 Å². The van der Waals surface area contributed by atoms with Crippen molar-refractivity contribution in [3.05, 3.63) is 42.5 Å². The van der Waals surface area contributed by atoms with E-state index in [4.69, 9.17) is 5.73 Å². The van der Waals surface area contributed by atoms with Crippen LogP contribution in [0, 0.1) is 0 Å². The molecular formula is C12H8F3N5. The van der Waals surface area contributed by atoms with Crippen LogP contribution in [0.4, 0.5) is 19.0 Å². The van der Waals surface area contributed by atoms with Gasteiger partial charge in [0.2, 0.25) is 5.82 Å². The van der Waals surface area contributed by atoms with E-state index in [9.17, 15) is 13.2 Å². The van der Waals surface area contributed by atoms with Crippen molar-refractivity contribution < 1.29 is 13.2 Å². The molecule has 0 aliphatic carbocycles. The molecule has 0 aromatic carbocycles. The molecule has 0 saturated heterocycles. The summed E-state index contributed by atoms with van der Waals surface area (Å²) in [5.74, 6) is -1.50. The summed E-state index contributed by atoms with van der Waals surface area (Å²) in [7, 11) is 0. The zero-order chi connectivity index (χ0) is 14.3. The van der Waals surface area contributed by atoms with Gasteiger partial charge in [-0.2, -0.15) is 13.2 Å². The first-order valence-electron chi connectivity index (χ1n) is 5.59. The number of fused-ring (bicyclic) bond motifs is 1. The standard InChI is InChI=1S/C12H8F3N5/c13-12(14,15)11-18-7(6-9(16)19-11)8-2-1-3-10-17-4-5-20(8)10/h1-6H,(H2,16,18,19). The number of rotatable bonds is 1. The van der Waals surface area contributed by atoms with E-state index >= 15 is 0 Å². The van der Waals surface area contributed by atoms with Crippen LogP contribution in [0.5, 0.6) is 0 Å². The van der Waals surface area contributed by atoms with Crippen LogP contribution in [-0.4, -0.2) is 19.4 Å². The molecule has 2 N–H and O–H groups in total. The van der Waals surface area contributed by atoms with Gasteiger partial charge < -0.3 is 5.73 Å². The number of aromatic nitrogens is 4. The van der Waals surface area contributed by atoms with Crippen LogP contribution in [-0.2, 0) is 6.18 Å². The largest absolute Gasteiger partial charge is 0.451 e. The van der Waals surface area contributed by atoms with Crippen LogP contribution in [0.15, 0.2) is 36.7 Å². The SMILES string of the molecule is Nc1cc(-c2cccc3nccn23)nc(C(F)(F)F)n1. The number of nitrogens with zero attached hydrogens (tertiary/aromatic N) is 4. The maximum absolute atomic E-state index is 12.7. The van der Waals surface area contributed by atoms with Crippen LogP contribution < -0.4 is 5.73 Å². The van der Waals surface area contributed by atoms with Gasteiger partial charge in [-0.25, -0.2) is 15.0 Å². The van der Waals surface area contributed by atoms with Gasteiger partial charge in [0, 0.05) is 18.5 Å². The minimum Gasteiger partial charge on any atom is -0.384 e. The molecule has 3 rings (SSSR count). The molecular weight excluding hydrogens is 271 g/mol. The third kappa shape index (κ3) is 2.04. The van der Waals surface area contributed by atoms with Gasteiger partial charge in [-0.1, -0.05) is 6.07 Å². The third-order valence-electron chi connectivity index (χ3n) is 2.69. The zero-order valence-corrected chi connectivity index (χ0v) is 9.96. The number of nitrogen functional groups attached to an aromatic ring is 1. The Balaban J connectivity index is 2.24. The number of pyridine rings is 1. The fourth-order valence-electron chi connectivity index (χ4n) is 1.88. The first-order valence-corrected chi connectivity index (χ1v) is 5.59. The van der Waals surface area contributed by atoms with Gasteiger partial charge in [0.15, 0.2) is 0 Å². The molecule has 8 heteroatoms. The molecule has 0 unspecified atom stereocenters. The summed E-state index contributed by atoms with van der Waals surface area (Å²) in [5, 5.41) is 0. The van der Waals surface area contributed by atoms with Crippen molar-refractivity contribution in [2.24, 2.45) is 0 Å². The Labute approximate surface area is 110 Å². The molecule has 0 aliphatic heterocycles. The highest BCUT2D eigenvalue weighted by molar-refractivity contribution is 5.62. The summed E-state index contributed by atoms with van der Waals surface area (Å²) >= 11 is 0. The highest BCUT2D eigenvalue weighted by Gasteiger charge is 2.35. The Kier molecular flexibility index (Phi) is 2.60. The molecule has 3 aromatic rings. The van der Waals surface area contributed by atoms with E-state index < -0.39 is 12.0 Å². The normalized spacial score (nSPS) is 11.9. The fraction of sp³-hybridized carbons (Fsp3) is 0.0833. The molecule has 3 heterocycles. The van der Waals surface area contributed by atoms with Crippen molar-refractivity contribution in [3.8, 4) is 11.4 Å². The van der Waals surface area contributed by atoms with Crippen molar-refractivity contribution >= 4 is 11.5 Å². The molecule has 0 spiro atoms.